The molecule has 4 heterocycles. The van der Waals surface area contributed by atoms with Gasteiger partial charge in [-0.25, -0.2) is 15.0 Å². The van der Waals surface area contributed by atoms with Gasteiger partial charge in [0.1, 0.15) is 5.82 Å². The Bertz CT molecular complexity index is 999. The molecule has 32 heavy (non-hydrogen) atoms. The average Bonchev–Trinajstić information content (AvgIpc) is 3.25. The number of ether oxygens (including phenoxy) is 2. The fourth-order valence-electron chi connectivity index (χ4n) is 3.45. The molecule has 1 fully saturated rings. The monoisotopic (exact) mass is 438 g/mol. The van der Waals surface area contributed by atoms with Crippen molar-refractivity contribution in [3.8, 4) is 22.6 Å². The summed E-state index contributed by atoms with van der Waals surface area (Å²) in [6, 6.07) is 5.94. The van der Waals surface area contributed by atoms with Gasteiger partial charge in [0.25, 0.3) is 0 Å². The van der Waals surface area contributed by atoms with Gasteiger partial charge >= 0.3 is 0 Å². The minimum absolute atomic E-state index is 0.232. The van der Waals surface area contributed by atoms with Crippen molar-refractivity contribution < 1.29 is 14.0 Å². The highest BCUT2D eigenvalue weighted by Gasteiger charge is 2.17. The summed E-state index contributed by atoms with van der Waals surface area (Å²) in [7, 11) is 0. The molecule has 9 nitrogen and oxygen atoms in total. The second-order valence-electron chi connectivity index (χ2n) is 7.99. The van der Waals surface area contributed by atoms with Crippen molar-refractivity contribution in [3.05, 3.63) is 36.3 Å². The second-order valence-corrected chi connectivity index (χ2v) is 7.99. The van der Waals surface area contributed by atoms with E-state index >= 15 is 0 Å². The Morgan fingerprint density at radius 1 is 1.16 bits per heavy atom. The normalized spacial score (nSPS) is 14.2. The third-order valence-corrected chi connectivity index (χ3v) is 5.09. The van der Waals surface area contributed by atoms with E-state index in [-0.39, 0.29) is 6.10 Å². The highest BCUT2D eigenvalue weighted by molar-refractivity contribution is 5.78. The minimum atomic E-state index is 0.232. The lowest BCUT2D eigenvalue weighted by molar-refractivity contribution is 0.0787. The minimum Gasteiger partial charge on any atom is -0.379 e. The summed E-state index contributed by atoms with van der Waals surface area (Å²) in [6.45, 7) is 10.5. The zero-order chi connectivity index (χ0) is 22.3. The van der Waals surface area contributed by atoms with E-state index in [9.17, 15) is 0 Å². The van der Waals surface area contributed by atoms with Crippen LogP contribution in [0.5, 0.6) is 0 Å². The highest BCUT2D eigenvalue weighted by atomic mass is 16.5. The van der Waals surface area contributed by atoms with Crippen molar-refractivity contribution in [2.45, 2.75) is 33.3 Å². The Labute approximate surface area is 188 Å². The van der Waals surface area contributed by atoms with Gasteiger partial charge in [-0.15, -0.1) is 0 Å². The van der Waals surface area contributed by atoms with Crippen LogP contribution in [0.25, 0.3) is 22.6 Å². The SMILES string of the molecule is Cc1cc(-c2cnc(NCCCOC(C)C)nc2-c2ccc(N3CCOCC3)nc2)on1. The molecular weight excluding hydrogens is 408 g/mol. The summed E-state index contributed by atoms with van der Waals surface area (Å²) in [6.07, 6.45) is 4.72. The predicted octanol–water partition coefficient (Wildman–Crippen LogP) is 3.57. The summed E-state index contributed by atoms with van der Waals surface area (Å²) in [5.74, 6) is 2.13. The predicted molar refractivity (Wildman–Crippen MR) is 123 cm³/mol. The summed E-state index contributed by atoms with van der Waals surface area (Å²) < 4.78 is 16.5. The summed E-state index contributed by atoms with van der Waals surface area (Å²) in [5, 5.41) is 7.30. The van der Waals surface area contributed by atoms with Crippen molar-refractivity contribution >= 4 is 11.8 Å². The lowest BCUT2D eigenvalue weighted by atomic mass is 10.1. The molecule has 3 aromatic heterocycles. The molecule has 0 amide bonds. The first-order valence-electron chi connectivity index (χ1n) is 11.1. The standard InChI is InChI=1S/C23H30N6O3/c1-16(2)31-10-4-7-24-23-26-15-19(20-13-17(3)28-32-20)22(27-23)18-5-6-21(25-14-18)29-8-11-30-12-9-29/h5-6,13-16H,4,7-12H2,1-3H3,(H,24,26,27). The van der Waals surface area contributed by atoms with Gasteiger partial charge in [-0.1, -0.05) is 5.16 Å². The lowest BCUT2D eigenvalue weighted by Gasteiger charge is -2.27. The number of rotatable bonds is 9. The Morgan fingerprint density at radius 3 is 2.69 bits per heavy atom. The fraction of sp³-hybridized carbons (Fsp3) is 0.478. The number of nitrogens with zero attached hydrogens (tertiary/aromatic N) is 5. The Kier molecular flexibility index (Phi) is 7.28. The van der Waals surface area contributed by atoms with Gasteiger partial charge in [-0.2, -0.15) is 0 Å². The van der Waals surface area contributed by atoms with Gasteiger partial charge in [-0.3, -0.25) is 0 Å². The number of hydrogen-bond donors (Lipinski definition) is 1. The van der Waals surface area contributed by atoms with E-state index in [0.717, 1.165) is 67.6 Å². The summed E-state index contributed by atoms with van der Waals surface area (Å²) >= 11 is 0. The van der Waals surface area contributed by atoms with Crippen molar-refractivity contribution in [2.24, 2.45) is 0 Å². The van der Waals surface area contributed by atoms with E-state index in [1.54, 1.807) is 6.20 Å². The molecule has 3 aromatic rings. The Morgan fingerprint density at radius 2 is 2.00 bits per heavy atom. The van der Waals surface area contributed by atoms with Crippen LogP contribution in [0.15, 0.2) is 35.1 Å². The molecule has 0 bridgehead atoms. The van der Waals surface area contributed by atoms with Crippen LogP contribution in [0.2, 0.25) is 0 Å². The third kappa shape index (κ3) is 5.60. The van der Waals surface area contributed by atoms with Crippen LogP contribution >= 0.6 is 0 Å². The zero-order valence-electron chi connectivity index (χ0n) is 18.9. The number of aromatic nitrogens is 4. The van der Waals surface area contributed by atoms with Crippen LogP contribution < -0.4 is 10.2 Å². The maximum atomic E-state index is 5.59. The molecule has 4 rings (SSSR count). The Hall–Kier alpha value is -3.04. The highest BCUT2D eigenvalue weighted by Crippen LogP contribution is 2.31. The molecule has 0 saturated carbocycles. The van der Waals surface area contributed by atoms with Crippen LogP contribution in [0.4, 0.5) is 11.8 Å². The van der Waals surface area contributed by atoms with Gasteiger partial charge in [0.15, 0.2) is 5.76 Å². The van der Waals surface area contributed by atoms with E-state index in [1.165, 1.54) is 0 Å². The number of anilines is 2. The molecule has 1 aliphatic rings. The molecule has 0 aliphatic carbocycles. The fourth-order valence-corrected chi connectivity index (χ4v) is 3.45. The average molecular weight is 439 g/mol. The quantitative estimate of drug-likeness (QED) is 0.503. The summed E-state index contributed by atoms with van der Waals surface area (Å²) in [5.41, 5.74) is 3.22. The first-order valence-corrected chi connectivity index (χ1v) is 11.1. The smallest absolute Gasteiger partial charge is 0.223 e. The molecule has 1 aliphatic heterocycles. The van der Waals surface area contributed by atoms with Crippen LogP contribution in [-0.4, -0.2) is 65.7 Å². The molecule has 1 N–H and O–H groups in total. The van der Waals surface area contributed by atoms with Crippen molar-refractivity contribution in [3.63, 3.8) is 0 Å². The zero-order valence-corrected chi connectivity index (χ0v) is 18.9. The van der Waals surface area contributed by atoms with Crippen molar-refractivity contribution in [1.29, 1.82) is 0 Å². The summed E-state index contributed by atoms with van der Waals surface area (Å²) in [4.78, 5) is 16.2. The number of pyridine rings is 1. The first-order chi connectivity index (χ1) is 15.6. The topological polar surface area (TPSA) is 98.4 Å². The van der Waals surface area contributed by atoms with Gasteiger partial charge in [0.2, 0.25) is 5.95 Å². The van der Waals surface area contributed by atoms with Crippen LogP contribution in [0.3, 0.4) is 0 Å². The van der Waals surface area contributed by atoms with Gasteiger partial charge in [0.05, 0.1) is 36.3 Å². The van der Waals surface area contributed by atoms with E-state index in [2.05, 4.69) is 25.3 Å². The molecule has 0 unspecified atom stereocenters. The van der Waals surface area contributed by atoms with E-state index in [0.29, 0.717) is 18.3 Å². The van der Waals surface area contributed by atoms with Gasteiger partial charge < -0.3 is 24.2 Å². The molecule has 0 atom stereocenters. The molecule has 0 radical (unpaired) electrons. The third-order valence-electron chi connectivity index (χ3n) is 5.09. The number of hydrogen-bond acceptors (Lipinski definition) is 9. The molecule has 1 saturated heterocycles. The maximum Gasteiger partial charge on any atom is 0.223 e. The number of nitrogens with one attached hydrogen (secondary N) is 1. The molecule has 170 valence electrons. The van der Waals surface area contributed by atoms with Crippen LogP contribution in [0.1, 0.15) is 26.0 Å². The van der Waals surface area contributed by atoms with Crippen LogP contribution in [0, 0.1) is 6.92 Å². The largest absolute Gasteiger partial charge is 0.379 e. The van der Waals surface area contributed by atoms with Crippen LogP contribution in [-0.2, 0) is 9.47 Å². The van der Waals surface area contributed by atoms with Crippen molar-refractivity contribution in [1.82, 2.24) is 20.1 Å². The molecule has 0 aromatic carbocycles. The molecule has 9 heteroatoms. The first kappa shape index (κ1) is 22.2. The lowest BCUT2D eigenvalue weighted by Crippen LogP contribution is -2.36. The molecular formula is C23H30N6O3. The van der Waals surface area contributed by atoms with E-state index in [1.807, 2.05) is 45.2 Å². The maximum absolute atomic E-state index is 5.59. The second kappa shape index (κ2) is 10.5. The van der Waals surface area contributed by atoms with E-state index < -0.39 is 0 Å². The number of morpholine rings is 1. The van der Waals surface area contributed by atoms with Gasteiger partial charge in [-0.05, 0) is 39.3 Å². The Balaban J connectivity index is 1.56. The van der Waals surface area contributed by atoms with Crippen molar-refractivity contribution in [2.75, 3.05) is 49.7 Å². The number of aryl methyl sites for hydroxylation is 1. The van der Waals surface area contributed by atoms with Gasteiger partial charge in [0, 0.05) is 50.3 Å². The van der Waals surface area contributed by atoms with E-state index in [4.69, 9.17) is 19.0 Å². The molecule has 0 spiro atoms.